The summed E-state index contributed by atoms with van der Waals surface area (Å²) >= 11 is 12.0. The minimum atomic E-state index is -0.428. The van der Waals surface area contributed by atoms with Gasteiger partial charge in [0.15, 0.2) is 0 Å². The van der Waals surface area contributed by atoms with Gasteiger partial charge in [-0.15, -0.1) is 0 Å². The molecule has 0 bridgehead atoms. The maximum absolute atomic E-state index is 13.4. The maximum Gasteiger partial charge on any atom is 0.142 e. The lowest BCUT2D eigenvalue weighted by molar-refractivity contribution is 0.389. The zero-order valence-corrected chi connectivity index (χ0v) is 13.2. The second-order valence-electron chi connectivity index (χ2n) is 4.94. The Morgan fingerprint density at radius 1 is 1.26 bits per heavy atom. The van der Waals surface area contributed by atoms with Crippen LogP contribution in [0.4, 0.5) is 4.39 Å². The largest absolute Gasteiger partial charge is 0.310 e. The molecule has 1 rings (SSSR count). The van der Waals surface area contributed by atoms with Crippen LogP contribution in [0.25, 0.3) is 0 Å². The van der Waals surface area contributed by atoms with E-state index in [9.17, 15) is 4.39 Å². The van der Waals surface area contributed by atoms with Gasteiger partial charge >= 0.3 is 0 Å². The molecule has 0 aliphatic carbocycles. The number of rotatable bonds is 7. The van der Waals surface area contributed by atoms with E-state index >= 15 is 0 Å². The van der Waals surface area contributed by atoms with Crippen molar-refractivity contribution >= 4 is 23.2 Å². The van der Waals surface area contributed by atoms with Gasteiger partial charge in [0.05, 0.1) is 5.02 Å². The molecule has 0 heterocycles. The lowest BCUT2D eigenvalue weighted by atomic mass is 10.1. The molecule has 0 aromatic heterocycles. The fourth-order valence-electron chi connectivity index (χ4n) is 1.91. The van der Waals surface area contributed by atoms with Crippen LogP contribution in [-0.4, -0.2) is 32.1 Å². The summed E-state index contributed by atoms with van der Waals surface area (Å²) in [7, 11) is 4.12. The molecule has 0 aliphatic heterocycles. The van der Waals surface area contributed by atoms with Crippen LogP contribution in [0.2, 0.25) is 10.0 Å². The number of nitrogens with zero attached hydrogens (tertiary/aromatic N) is 1. The van der Waals surface area contributed by atoms with Crippen molar-refractivity contribution in [3.8, 4) is 0 Å². The fraction of sp³-hybridized carbons (Fsp3) is 0.571. The smallest absolute Gasteiger partial charge is 0.142 e. The average molecular weight is 307 g/mol. The van der Waals surface area contributed by atoms with Gasteiger partial charge in [0.1, 0.15) is 5.82 Å². The van der Waals surface area contributed by atoms with E-state index in [1.54, 1.807) is 6.07 Å². The zero-order chi connectivity index (χ0) is 14.4. The third kappa shape index (κ3) is 5.27. The summed E-state index contributed by atoms with van der Waals surface area (Å²) < 4.78 is 13.4. The van der Waals surface area contributed by atoms with Crippen molar-refractivity contribution in [2.24, 2.45) is 0 Å². The highest BCUT2D eigenvalue weighted by molar-refractivity contribution is 6.36. The quantitative estimate of drug-likeness (QED) is 0.602. The van der Waals surface area contributed by atoms with Crippen molar-refractivity contribution in [2.75, 3.05) is 27.2 Å². The van der Waals surface area contributed by atoms with Gasteiger partial charge in [-0.05, 0) is 59.1 Å². The zero-order valence-electron chi connectivity index (χ0n) is 11.6. The van der Waals surface area contributed by atoms with Crippen LogP contribution in [0.15, 0.2) is 12.1 Å². The molecule has 1 aromatic carbocycles. The van der Waals surface area contributed by atoms with Gasteiger partial charge in [-0.25, -0.2) is 4.39 Å². The predicted octanol–water partition coefficient (Wildman–Crippen LogP) is 4.12. The molecule has 0 spiro atoms. The number of hydrogen-bond donors (Lipinski definition) is 1. The van der Waals surface area contributed by atoms with E-state index in [0.29, 0.717) is 10.6 Å². The first-order valence-corrected chi connectivity index (χ1v) is 7.20. The Morgan fingerprint density at radius 2 is 1.95 bits per heavy atom. The topological polar surface area (TPSA) is 15.3 Å². The van der Waals surface area contributed by atoms with Gasteiger partial charge < -0.3 is 10.2 Å². The summed E-state index contributed by atoms with van der Waals surface area (Å²) in [5.74, 6) is -0.428. The minimum absolute atomic E-state index is 0.0601. The highest BCUT2D eigenvalue weighted by atomic mass is 35.5. The summed E-state index contributed by atoms with van der Waals surface area (Å²) in [6.45, 7) is 3.87. The Morgan fingerprint density at radius 3 is 2.58 bits per heavy atom. The number of halogens is 3. The van der Waals surface area contributed by atoms with E-state index in [1.165, 1.54) is 6.07 Å². The molecule has 0 amide bonds. The molecule has 0 aliphatic rings. The Hall–Kier alpha value is -0.350. The van der Waals surface area contributed by atoms with Crippen LogP contribution in [-0.2, 0) is 0 Å². The van der Waals surface area contributed by atoms with Crippen molar-refractivity contribution in [1.29, 1.82) is 0 Å². The van der Waals surface area contributed by atoms with E-state index in [4.69, 9.17) is 23.2 Å². The second kappa shape index (κ2) is 8.05. The molecule has 2 nitrogen and oxygen atoms in total. The number of benzene rings is 1. The van der Waals surface area contributed by atoms with Crippen LogP contribution >= 0.6 is 23.2 Å². The first kappa shape index (κ1) is 16.7. The monoisotopic (exact) mass is 306 g/mol. The molecule has 1 aromatic rings. The first-order valence-electron chi connectivity index (χ1n) is 6.45. The second-order valence-corrected chi connectivity index (χ2v) is 5.73. The highest BCUT2D eigenvalue weighted by Gasteiger charge is 2.16. The number of nitrogens with one attached hydrogen (secondary N) is 1. The molecule has 1 atom stereocenters. The van der Waals surface area contributed by atoms with Crippen molar-refractivity contribution in [2.45, 2.75) is 25.8 Å². The van der Waals surface area contributed by atoms with E-state index in [-0.39, 0.29) is 11.1 Å². The molecule has 5 heteroatoms. The van der Waals surface area contributed by atoms with Gasteiger partial charge in [0.2, 0.25) is 0 Å². The summed E-state index contributed by atoms with van der Waals surface area (Å²) in [5, 5.41) is 3.94. The van der Waals surface area contributed by atoms with Gasteiger partial charge in [0, 0.05) is 16.6 Å². The maximum atomic E-state index is 13.4. The third-order valence-electron chi connectivity index (χ3n) is 3.00. The third-order valence-corrected chi connectivity index (χ3v) is 3.71. The molecule has 0 radical (unpaired) electrons. The summed E-state index contributed by atoms with van der Waals surface area (Å²) in [5.41, 5.74) is 0.635. The van der Waals surface area contributed by atoms with Gasteiger partial charge in [0.25, 0.3) is 0 Å². The van der Waals surface area contributed by atoms with Gasteiger partial charge in [-0.1, -0.05) is 23.2 Å². The van der Waals surface area contributed by atoms with E-state index in [1.807, 2.05) is 6.92 Å². The van der Waals surface area contributed by atoms with E-state index in [0.717, 1.165) is 25.9 Å². The molecule has 0 saturated heterocycles. The lowest BCUT2D eigenvalue weighted by Gasteiger charge is -2.18. The number of unbranched alkanes of at least 4 members (excludes halogenated alkanes) is 1. The minimum Gasteiger partial charge on any atom is -0.310 e. The molecule has 19 heavy (non-hydrogen) atoms. The molecular formula is C14H21Cl2FN2. The van der Waals surface area contributed by atoms with Crippen LogP contribution in [0, 0.1) is 5.82 Å². The summed E-state index contributed by atoms with van der Waals surface area (Å²) in [4.78, 5) is 2.16. The fourth-order valence-corrected chi connectivity index (χ4v) is 2.61. The standard InChI is InChI=1S/C14H21Cl2FN2/c1-10(18-8-4-5-9-19(2)3)13-11(15)6-7-12(17)14(13)16/h6-7,10,18H,4-5,8-9H2,1-3H3. The van der Waals surface area contributed by atoms with Crippen molar-refractivity contribution in [3.05, 3.63) is 33.6 Å². The Bertz CT molecular complexity index is 411. The van der Waals surface area contributed by atoms with Gasteiger partial charge in [-0.2, -0.15) is 0 Å². The molecule has 1 N–H and O–H groups in total. The van der Waals surface area contributed by atoms with Crippen molar-refractivity contribution in [3.63, 3.8) is 0 Å². The van der Waals surface area contributed by atoms with Crippen molar-refractivity contribution in [1.82, 2.24) is 10.2 Å². The molecule has 0 saturated carbocycles. The number of hydrogen-bond acceptors (Lipinski definition) is 2. The Balaban J connectivity index is 2.50. The van der Waals surface area contributed by atoms with E-state index in [2.05, 4.69) is 24.3 Å². The predicted molar refractivity (Wildman–Crippen MR) is 80.6 cm³/mol. The highest BCUT2D eigenvalue weighted by Crippen LogP contribution is 2.32. The van der Waals surface area contributed by atoms with Crippen LogP contribution in [0.3, 0.4) is 0 Å². The normalized spacial score (nSPS) is 13.0. The van der Waals surface area contributed by atoms with Crippen LogP contribution < -0.4 is 5.32 Å². The van der Waals surface area contributed by atoms with Crippen LogP contribution in [0.5, 0.6) is 0 Å². The molecule has 108 valence electrons. The Labute approximate surface area is 124 Å². The van der Waals surface area contributed by atoms with Crippen molar-refractivity contribution < 1.29 is 4.39 Å². The van der Waals surface area contributed by atoms with Gasteiger partial charge in [-0.3, -0.25) is 0 Å². The molecule has 1 unspecified atom stereocenters. The summed E-state index contributed by atoms with van der Waals surface area (Å²) in [6.07, 6.45) is 2.18. The lowest BCUT2D eigenvalue weighted by Crippen LogP contribution is -2.22. The SMILES string of the molecule is CC(NCCCCN(C)C)c1c(Cl)ccc(F)c1Cl. The molecule has 0 fully saturated rings. The van der Waals surface area contributed by atoms with Crippen LogP contribution in [0.1, 0.15) is 31.4 Å². The molecular weight excluding hydrogens is 286 g/mol. The summed E-state index contributed by atoms with van der Waals surface area (Å²) in [6, 6.07) is 2.77. The Kier molecular flexibility index (Phi) is 7.08. The first-order chi connectivity index (χ1) is 8.93. The average Bonchev–Trinajstić information content (AvgIpc) is 2.33. The van der Waals surface area contributed by atoms with E-state index < -0.39 is 5.82 Å².